The van der Waals surface area contributed by atoms with Gasteiger partial charge in [0, 0.05) is 12.5 Å². The molecule has 0 aromatic heterocycles. The number of hydrogen-bond acceptors (Lipinski definition) is 1. The van der Waals surface area contributed by atoms with Crippen LogP contribution in [0.25, 0.3) is 0 Å². The molecular formula is C23H29F2N. The van der Waals surface area contributed by atoms with Crippen LogP contribution in [-0.2, 0) is 13.0 Å². The van der Waals surface area contributed by atoms with E-state index in [0.717, 1.165) is 31.5 Å². The molecule has 3 rings (SSSR count). The molecule has 0 amide bonds. The van der Waals surface area contributed by atoms with Gasteiger partial charge >= 0.3 is 0 Å². The van der Waals surface area contributed by atoms with Crippen molar-refractivity contribution in [2.45, 2.75) is 56.9 Å². The van der Waals surface area contributed by atoms with Crippen molar-refractivity contribution < 1.29 is 8.78 Å². The van der Waals surface area contributed by atoms with Gasteiger partial charge in [-0.25, -0.2) is 8.78 Å². The molecule has 0 N–H and O–H groups in total. The normalized spacial score (nSPS) is 23.3. The monoisotopic (exact) mass is 357 g/mol. The summed E-state index contributed by atoms with van der Waals surface area (Å²) in [6.45, 7) is 1.98. The number of nitrogens with zero attached hydrogens (tertiary/aromatic N) is 1. The Morgan fingerprint density at radius 2 is 1.54 bits per heavy atom. The topological polar surface area (TPSA) is 3.24 Å². The Labute approximate surface area is 156 Å². The average molecular weight is 357 g/mol. The summed E-state index contributed by atoms with van der Waals surface area (Å²) in [5.41, 5.74) is 3.38. The van der Waals surface area contributed by atoms with E-state index in [1.165, 1.54) is 11.1 Å². The van der Waals surface area contributed by atoms with Gasteiger partial charge in [0.2, 0.25) is 0 Å². The van der Waals surface area contributed by atoms with Gasteiger partial charge in [0.15, 0.2) is 0 Å². The summed E-state index contributed by atoms with van der Waals surface area (Å²) in [7, 11) is 2.14. The van der Waals surface area contributed by atoms with E-state index in [9.17, 15) is 8.78 Å². The molecule has 140 valence electrons. The molecule has 2 unspecified atom stereocenters. The van der Waals surface area contributed by atoms with Crippen molar-refractivity contribution in [2.24, 2.45) is 0 Å². The second kappa shape index (κ2) is 9.27. The van der Waals surface area contributed by atoms with Crippen molar-refractivity contribution in [1.29, 1.82) is 0 Å². The van der Waals surface area contributed by atoms with Gasteiger partial charge in [-0.1, -0.05) is 54.6 Å². The first kappa shape index (κ1) is 19.0. The second-order valence-corrected chi connectivity index (χ2v) is 7.56. The molecule has 1 saturated carbocycles. The van der Waals surface area contributed by atoms with Crippen LogP contribution >= 0.6 is 0 Å². The zero-order valence-electron chi connectivity index (χ0n) is 15.6. The predicted molar refractivity (Wildman–Crippen MR) is 104 cm³/mol. The van der Waals surface area contributed by atoms with Crippen molar-refractivity contribution in [3.05, 3.63) is 71.3 Å². The Morgan fingerprint density at radius 3 is 2.19 bits per heavy atom. The Kier molecular flexibility index (Phi) is 6.79. The van der Waals surface area contributed by atoms with Crippen LogP contribution in [0, 0.1) is 0 Å². The van der Waals surface area contributed by atoms with Crippen LogP contribution in [0.1, 0.15) is 48.3 Å². The molecule has 2 aromatic rings. The van der Waals surface area contributed by atoms with Crippen molar-refractivity contribution in [2.75, 3.05) is 13.6 Å². The summed E-state index contributed by atoms with van der Waals surface area (Å²) in [6.07, 6.45) is 1.60. The first-order chi connectivity index (χ1) is 12.6. The maximum atomic E-state index is 14.1. The van der Waals surface area contributed by atoms with E-state index in [-0.39, 0.29) is 0 Å². The van der Waals surface area contributed by atoms with Crippen LogP contribution in [0.2, 0.25) is 0 Å². The van der Waals surface area contributed by atoms with Crippen molar-refractivity contribution in [3.8, 4) is 0 Å². The number of hydrogen-bond donors (Lipinski definition) is 0. The molecule has 0 radical (unpaired) electrons. The molecule has 0 bridgehead atoms. The van der Waals surface area contributed by atoms with E-state index < -0.39 is 18.3 Å². The third kappa shape index (κ3) is 5.14. The summed E-state index contributed by atoms with van der Waals surface area (Å²) < 4.78 is 28.2. The summed E-state index contributed by atoms with van der Waals surface area (Å²) in [4.78, 5) is 2.33. The minimum absolute atomic E-state index is 0.487. The maximum Gasteiger partial charge on any atom is 0.110 e. The van der Waals surface area contributed by atoms with E-state index in [2.05, 4.69) is 36.2 Å². The fraction of sp³-hybridized carbons (Fsp3) is 0.478. The Bertz CT molecular complexity index is 646. The van der Waals surface area contributed by atoms with Gasteiger partial charge in [-0.3, -0.25) is 0 Å². The number of rotatable bonds is 7. The van der Waals surface area contributed by atoms with E-state index in [1.54, 1.807) is 0 Å². The van der Waals surface area contributed by atoms with Crippen LogP contribution in [0.3, 0.4) is 0 Å². The fourth-order valence-electron chi connectivity index (χ4n) is 3.94. The molecule has 2 aromatic carbocycles. The van der Waals surface area contributed by atoms with Crippen LogP contribution < -0.4 is 0 Å². The zero-order valence-corrected chi connectivity index (χ0v) is 15.6. The summed E-state index contributed by atoms with van der Waals surface area (Å²) in [5, 5.41) is 0. The van der Waals surface area contributed by atoms with Gasteiger partial charge in [-0.15, -0.1) is 0 Å². The van der Waals surface area contributed by atoms with Crippen LogP contribution in [0.5, 0.6) is 0 Å². The van der Waals surface area contributed by atoms with E-state index in [4.69, 9.17) is 0 Å². The van der Waals surface area contributed by atoms with Crippen molar-refractivity contribution in [1.82, 2.24) is 4.90 Å². The largest absolute Gasteiger partial charge is 0.302 e. The molecule has 1 aliphatic rings. The lowest BCUT2D eigenvalue weighted by molar-refractivity contribution is 0.124. The lowest BCUT2D eigenvalue weighted by Crippen LogP contribution is -2.28. The fourth-order valence-corrected chi connectivity index (χ4v) is 3.94. The molecular weight excluding hydrogens is 328 g/mol. The van der Waals surface area contributed by atoms with Crippen LogP contribution in [-0.4, -0.2) is 30.8 Å². The molecule has 2 atom stereocenters. The van der Waals surface area contributed by atoms with Crippen LogP contribution in [0.15, 0.2) is 54.6 Å². The minimum atomic E-state index is -1.05. The quantitative estimate of drug-likeness (QED) is 0.615. The number of aryl methyl sites for hydroxylation is 1. The van der Waals surface area contributed by atoms with Crippen molar-refractivity contribution in [3.63, 3.8) is 0 Å². The highest BCUT2D eigenvalue weighted by molar-refractivity contribution is 5.28. The second-order valence-electron chi connectivity index (χ2n) is 7.56. The molecule has 0 aliphatic heterocycles. The number of alkyl halides is 2. The lowest BCUT2D eigenvalue weighted by atomic mass is 9.81. The third-order valence-corrected chi connectivity index (χ3v) is 5.40. The molecule has 0 spiro atoms. The van der Waals surface area contributed by atoms with E-state index in [1.807, 2.05) is 30.3 Å². The number of benzene rings is 2. The molecule has 0 heterocycles. The molecule has 26 heavy (non-hydrogen) atoms. The molecule has 0 saturated heterocycles. The predicted octanol–water partition coefficient (Wildman–Crippen LogP) is 5.69. The highest BCUT2D eigenvalue weighted by Gasteiger charge is 2.34. The van der Waals surface area contributed by atoms with E-state index >= 15 is 0 Å². The first-order valence-corrected chi connectivity index (χ1v) is 9.73. The van der Waals surface area contributed by atoms with Crippen LogP contribution in [0.4, 0.5) is 8.78 Å². The van der Waals surface area contributed by atoms with E-state index in [0.29, 0.717) is 19.3 Å². The lowest BCUT2D eigenvalue weighted by Gasteiger charge is -2.29. The molecule has 1 aliphatic carbocycles. The molecule has 1 fully saturated rings. The highest BCUT2D eigenvalue weighted by atomic mass is 19.1. The third-order valence-electron chi connectivity index (χ3n) is 5.40. The minimum Gasteiger partial charge on any atom is -0.302 e. The Morgan fingerprint density at radius 1 is 0.885 bits per heavy atom. The Hall–Kier alpha value is -1.74. The Balaban J connectivity index is 1.47. The molecule has 1 nitrogen and oxygen atoms in total. The highest BCUT2D eigenvalue weighted by Crippen LogP contribution is 2.37. The standard InChI is InChI=1S/C23H29F2N/c1-26(17-19-7-3-2-4-8-19)16-6-9-18-12-14-20(15-13-18)23-21(24)10-5-11-22(23)25/h2-4,7-8,12-15,21-23H,5-6,9-11,16-17H2,1H3. The van der Waals surface area contributed by atoms with Gasteiger partial charge in [-0.2, -0.15) is 0 Å². The maximum absolute atomic E-state index is 14.1. The number of halogens is 2. The van der Waals surface area contributed by atoms with Crippen molar-refractivity contribution >= 4 is 0 Å². The summed E-state index contributed by atoms with van der Waals surface area (Å²) in [6, 6.07) is 18.4. The molecule has 3 heteroatoms. The zero-order chi connectivity index (χ0) is 18.4. The summed E-state index contributed by atoms with van der Waals surface area (Å²) in [5.74, 6) is -0.574. The smallest absolute Gasteiger partial charge is 0.110 e. The average Bonchev–Trinajstić information content (AvgIpc) is 2.64. The first-order valence-electron chi connectivity index (χ1n) is 9.73. The van der Waals surface area contributed by atoms with Gasteiger partial charge in [-0.05, 0) is 62.4 Å². The summed E-state index contributed by atoms with van der Waals surface area (Å²) >= 11 is 0. The van der Waals surface area contributed by atoms with Gasteiger partial charge in [0.25, 0.3) is 0 Å². The van der Waals surface area contributed by atoms with Gasteiger partial charge < -0.3 is 4.90 Å². The SMILES string of the molecule is CN(CCCc1ccc(C2C(F)CCCC2F)cc1)Cc1ccccc1. The van der Waals surface area contributed by atoms with Gasteiger partial charge in [0.1, 0.15) is 12.3 Å². The van der Waals surface area contributed by atoms with Gasteiger partial charge in [0.05, 0.1) is 0 Å².